The van der Waals surface area contributed by atoms with Gasteiger partial charge in [-0.05, 0) is 18.2 Å². The number of anilines is 1. The quantitative estimate of drug-likeness (QED) is 0.732. The van der Waals surface area contributed by atoms with Gasteiger partial charge in [-0.1, -0.05) is 0 Å². The van der Waals surface area contributed by atoms with E-state index in [0.717, 1.165) is 10.8 Å². The van der Waals surface area contributed by atoms with Crippen LogP contribution in [0.3, 0.4) is 0 Å². The van der Waals surface area contributed by atoms with Gasteiger partial charge in [0.15, 0.2) is 6.10 Å². The van der Waals surface area contributed by atoms with Gasteiger partial charge in [0.1, 0.15) is 23.6 Å². The van der Waals surface area contributed by atoms with Crippen molar-refractivity contribution < 1.29 is 19.0 Å². The molecule has 0 saturated carbocycles. The van der Waals surface area contributed by atoms with Crippen LogP contribution in [0.5, 0.6) is 0 Å². The first kappa shape index (κ1) is 16.4. The van der Waals surface area contributed by atoms with Crippen molar-refractivity contribution in [1.82, 2.24) is 15.0 Å². The number of carboxylic acid groups (broad SMARTS) is 1. The molecule has 0 spiro atoms. The van der Waals surface area contributed by atoms with Gasteiger partial charge in [0.25, 0.3) is 0 Å². The summed E-state index contributed by atoms with van der Waals surface area (Å²) in [5.41, 5.74) is 1.22. The highest BCUT2D eigenvalue weighted by Gasteiger charge is 2.28. The Hall–Kier alpha value is -2.45. The average Bonchev–Trinajstić information content (AvgIpc) is 2.92. The van der Waals surface area contributed by atoms with Crippen LogP contribution in [0.15, 0.2) is 24.5 Å². The summed E-state index contributed by atoms with van der Waals surface area (Å²) in [6, 6.07) is 4.46. The Morgan fingerprint density at radius 2 is 2.25 bits per heavy atom. The molecule has 9 heteroatoms. The average molecular weight is 353 g/mol. The molecule has 1 aliphatic rings. The third kappa shape index (κ3) is 2.63. The SMILES string of the molecule is Cl.O=C(O)C1CN(c2ncnc3[nH]c4cc(F)ccc4c23)CCO1. The maximum absolute atomic E-state index is 13.4. The van der Waals surface area contributed by atoms with Crippen LogP contribution in [0.1, 0.15) is 0 Å². The lowest BCUT2D eigenvalue weighted by molar-refractivity contribution is -0.150. The summed E-state index contributed by atoms with van der Waals surface area (Å²) in [7, 11) is 0. The van der Waals surface area contributed by atoms with Gasteiger partial charge in [-0.3, -0.25) is 0 Å². The minimum atomic E-state index is -0.999. The molecule has 1 fully saturated rings. The van der Waals surface area contributed by atoms with Gasteiger partial charge in [0.05, 0.1) is 24.1 Å². The number of nitrogens with one attached hydrogen (secondary N) is 1. The summed E-state index contributed by atoms with van der Waals surface area (Å²) in [6.07, 6.45) is 0.519. The molecule has 7 nitrogen and oxygen atoms in total. The topological polar surface area (TPSA) is 91.3 Å². The van der Waals surface area contributed by atoms with Crippen molar-refractivity contribution in [1.29, 1.82) is 0 Å². The number of fused-ring (bicyclic) bond motifs is 3. The van der Waals surface area contributed by atoms with Gasteiger partial charge >= 0.3 is 5.97 Å². The predicted molar refractivity (Wildman–Crippen MR) is 88.2 cm³/mol. The molecule has 24 heavy (non-hydrogen) atoms. The number of hydrogen-bond donors (Lipinski definition) is 2. The van der Waals surface area contributed by atoms with Gasteiger partial charge in [0.2, 0.25) is 0 Å². The summed E-state index contributed by atoms with van der Waals surface area (Å²) in [5, 5.41) is 10.7. The van der Waals surface area contributed by atoms with E-state index in [0.29, 0.717) is 30.1 Å². The molecular weight excluding hydrogens is 339 g/mol. The van der Waals surface area contributed by atoms with Crippen LogP contribution in [0.4, 0.5) is 10.2 Å². The van der Waals surface area contributed by atoms with Crippen molar-refractivity contribution in [2.24, 2.45) is 0 Å². The molecule has 1 aliphatic heterocycles. The zero-order valence-corrected chi connectivity index (χ0v) is 13.2. The molecule has 0 amide bonds. The lowest BCUT2D eigenvalue weighted by Gasteiger charge is -2.31. The first-order valence-corrected chi connectivity index (χ1v) is 7.15. The number of nitrogens with zero attached hydrogens (tertiary/aromatic N) is 3. The standard InChI is InChI=1S/C15H13FN4O3.ClH/c16-8-1-2-9-10(5-8)19-13-12(9)14(18-7-17-13)20-3-4-23-11(6-20)15(21)22;/h1-2,5,7,11H,3-4,6H2,(H,21,22)(H,17,18,19);1H. The molecule has 1 saturated heterocycles. The number of H-pyrrole nitrogens is 1. The molecule has 1 unspecified atom stereocenters. The number of aromatic amines is 1. The smallest absolute Gasteiger partial charge is 0.334 e. The van der Waals surface area contributed by atoms with Crippen molar-refractivity contribution in [3.8, 4) is 0 Å². The van der Waals surface area contributed by atoms with Crippen molar-refractivity contribution in [3.63, 3.8) is 0 Å². The van der Waals surface area contributed by atoms with Crippen molar-refractivity contribution in [2.75, 3.05) is 24.6 Å². The number of carbonyl (C=O) groups is 1. The van der Waals surface area contributed by atoms with E-state index in [9.17, 15) is 9.18 Å². The lowest BCUT2D eigenvalue weighted by Crippen LogP contribution is -2.46. The number of hydrogen-bond acceptors (Lipinski definition) is 5. The molecule has 2 aromatic heterocycles. The van der Waals surface area contributed by atoms with E-state index in [4.69, 9.17) is 9.84 Å². The van der Waals surface area contributed by atoms with Crippen LogP contribution < -0.4 is 4.90 Å². The predicted octanol–water partition coefficient (Wildman–Crippen LogP) is 1.96. The molecular formula is C15H14ClFN4O3. The zero-order valence-electron chi connectivity index (χ0n) is 12.4. The normalized spacial score (nSPS) is 17.9. The maximum atomic E-state index is 13.4. The van der Waals surface area contributed by atoms with Crippen LogP contribution in [0.2, 0.25) is 0 Å². The summed E-state index contributed by atoms with van der Waals surface area (Å²) in [6.45, 7) is 1.04. The molecule has 3 heterocycles. The Bertz CT molecular complexity index is 916. The van der Waals surface area contributed by atoms with E-state index >= 15 is 0 Å². The molecule has 1 aromatic carbocycles. The van der Waals surface area contributed by atoms with Crippen molar-refractivity contribution in [3.05, 3.63) is 30.3 Å². The largest absolute Gasteiger partial charge is 0.479 e. The lowest BCUT2D eigenvalue weighted by atomic mass is 10.2. The second-order valence-electron chi connectivity index (χ2n) is 5.38. The van der Waals surface area contributed by atoms with E-state index in [-0.39, 0.29) is 24.8 Å². The van der Waals surface area contributed by atoms with Crippen LogP contribution in [0.25, 0.3) is 21.9 Å². The number of carboxylic acids is 1. The Labute approximate surface area is 141 Å². The second-order valence-corrected chi connectivity index (χ2v) is 5.38. The first-order valence-electron chi connectivity index (χ1n) is 7.15. The molecule has 2 N–H and O–H groups in total. The van der Waals surface area contributed by atoms with E-state index in [1.807, 2.05) is 4.90 Å². The third-order valence-corrected chi connectivity index (χ3v) is 3.97. The Morgan fingerprint density at radius 1 is 1.42 bits per heavy atom. The fourth-order valence-corrected chi connectivity index (χ4v) is 2.92. The van der Waals surface area contributed by atoms with Gasteiger partial charge < -0.3 is 19.7 Å². The van der Waals surface area contributed by atoms with E-state index in [1.165, 1.54) is 18.5 Å². The van der Waals surface area contributed by atoms with E-state index in [1.54, 1.807) is 6.07 Å². The molecule has 3 aromatic rings. The summed E-state index contributed by atoms with van der Waals surface area (Å²) in [4.78, 5) is 24.6. The van der Waals surface area contributed by atoms with Crippen molar-refractivity contribution in [2.45, 2.75) is 6.10 Å². The molecule has 126 valence electrons. The van der Waals surface area contributed by atoms with Crippen LogP contribution in [-0.4, -0.2) is 51.8 Å². The minimum Gasteiger partial charge on any atom is -0.479 e. The number of rotatable bonds is 2. The van der Waals surface area contributed by atoms with Gasteiger partial charge in [-0.2, -0.15) is 0 Å². The number of benzene rings is 1. The monoisotopic (exact) mass is 352 g/mol. The fourth-order valence-electron chi connectivity index (χ4n) is 2.92. The highest BCUT2D eigenvalue weighted by molar-refractivity contribution is 6.11. The highest BCUT2D eigenvalue weighted by Crippen LogP contribution is 2.32. The Kier molecular flexibility index (Phi) is 4.25. The minimum absolute atomic E-state index is 0. The number of ether oxygens (including phenoxy) is 1. The Balaban J connectivity index is 0.00000169. The highest BCUT2D eigenvalue weighted by atomic mass is 35.5. The van der Waals surface area contributed by atoms with Crippen LogP contribution in [0, 0.1) is 5.82 Å². The number of morpholine rings is 1. The first-order chi connectivity index (χ1) is 11.1. The summed E-state index contributed by atoms with van der Waals surface area (Å²) < 4.78 is 18.7. The number of aromatic nitrogens is 3. The van der Waals surface area contributed by atoms with E-state index in [2.05, 4.69) is 15.0 Å². The van der Waals surface area contributed by atoms with Crippen LogP contribution in [-0.2, 0) is 9.53 Å². The Morgan fingerprint density at radius 3 is 3.04 bits per heavy atom. The molecule has 0 bridgehead atoms. The fraction of sp³-hybridized carbons (Fsp3) is 0.267. The number of aliphatic carboxylic acids is 1. The molecule has 0 aliphatic carbocycles. The summed E-state index contributed by atoms with van der Waals surface area (Å²) in [5.74, 6) is -0.709. The molecule has 0 radical (unpaired) electrons. The molecule has 1 atom stereocenters. The van der Waals surface area contributed by atoms with Crippen molar-refractivity contribution >= 4 is 46.1 Å². The number of halogens is 2. The second kappa shape index (κ2) is 6.21. The van der Waals surface area contributed by atoms with Crippen LogP contribution >= 0.6 is 12.4 Å². The van der Waals surface area contributed by atoms with Gasteiger partial charge in [-0.25, -0.2) is 19.2 Å². The summed E-state index contributed by atoms with van der Waals surface area (Å²) >= 11 is 0. The maximum Gasteiger partial charge on any atom is 0.334 e. The zero-order chi connectivity index (χ0) is 16.0. The molecule has 4 rings (SSSR count). The van der Waals surface area contributed by atoms with Gasteiger partial charge in [-0.15, -0.1) is 12.4 Å². The third-order valence-electron chi connectivity index (χ3n) is 3.97. The van der Waals surface area contributed by atoms with Gasteiger partial charge in [0, 0.05) is 11.9 Å². The van der Waals surface area contributed by atoms with E-state index < -0.39 is 12.1 Å².